The highest BCUT2D eigenvalue weighted by Gasteiger charge is 2.23. The third-order valence-corrected chi connectivity index (χ3v) is 5.15. The molecule has 126 valence electrons. The van der Waals surface area contributed by atoms with Crippen molar-refractivity contribution in [3.8, 4) is 11.4 Å². The molecular weight excluding hydrogens is 330 g/mol. The summed E-state index contributed by atoms with van der Waals surface area (Å²) in [5, 5.41) is 4.86. The molecule has 25 heavy (non-hydrogen) atoms. The van der Waals surface area contributed by atoms with Gasteiger partial charge in [-0.25, -0.2) is 9.97 Å². The molecule has 0 unspecified atom stereocenters. The second kappa shape index (κ2) is 6.84. The zero-order valence-corrected chi connectivity index (χ0v) is 14.8. The van der Waals surface area contributed by atoms with E-state index < -0.39 is 0 Å². The number of amides is 1. The van der Waals surface area contributed by atoms with E-state index in [0.29, 0.717) is 17.6 Å². The average molecular weight is 349 g/mol. The quantitative estimate of drug-likeness (QED) is 0.559. The van der Waals surface area contributed by atoms with Crippen LogP contribution in [-0.4, -0.2) is 27.7 Å². The third kappa shape index (κ3) is 3.82. The number of nitrogens with one attached hydrogen (secondary N) is 1. The first kappa shape index (κ1) is 16.1. The van der Waals surface area contributed by atoms with Crippen LogP contribution in [0.25, 0.3) is 22.3 Å². The molecule has 3 aromatic rings. The Labute approximate surface area is 151 Å². The maximum atomic E-state index is 12.0. The summed E-state index contributed by atoms with van der Waals surface area (Å²) in [5.74, 6) is 1.15. The number of carbonyl (C=O) groups is 1. The summed E-state index contributed by atoms with van der Waals surface area (Å²) in [7, 11) is 0. The molecule has 1 fully saturated rings. The number of hydrogen-bond donors (Lipinski definition) is 1. The molecule has 2 aromatic carbocycles. The summed E-state index contributed by atoms with van der Waals surface area (Å²) < 4.78 is 0. The van der Waals surface area contributed by atoms with Crippen molar-refractivity contribution in [2.24, 2.45) is 0 Å². The van der Waals surface area contributed by atoms with Crippen molar-refractivity contribution in [2.45, 2.75) is 30.8 Å². The standard InChI is InChI=1S/C20H19N3OS/c1-13-6-8-14(9-7-13)19-22-17-5-3-2-4-16(17)20(23-19)25-12-18(24)21-15-10-11-15/h2-9,15H,10-12H2,1H3,(H,21,24). The summed E-state index contributed by atoms with van der Waals surface area (Å²) in [4.78, 5) is 21.5. The highest BCUT2D eigenvalue weighted by Crippen LogP contribution is 2.28. The molecule has 1 aliphatic rings. The van der Waals surface area contributed by atoms with E-state index >= 15 is 0 Å². The van der Waals surface area contributed by atoms with Crippen LogP contribution >= 0.6 is 11.8 Å². The van der Waals surface area contributed by atoms with E-state index in [4.69, 9.17) is 9.97 Å². The summed E-state index contributed by atoms with van der Waals surface area (Å²) in [6.07, 6.45) is 2.20. The predicted molar refractivity (Wildman–Crippen MR) is 102 cm³/mol. The van der Waals surface area contributed by atoms with Gasteiger partial charge in [-0.3, -0.25) is 4.79 Å². The van der Waals surface area contributed by atoms with Crippen LogP contribution in [0.3, 0.4) is 0 Å². The summed E-state index contributed by atoms with van der Waals surface area (Å²) in [6, 6.07) is 16.5. The number of para-hydroxylation sites is 1. The van der Waals surface area contributed by atoms with Gasteiger partial charge in [-0.15, -0.1) is 0 Å². The number of rotatable bonds is 5. The normalized spacial score (nSPS) is 13.8. The van der Waals surface area contributed by atoms with Crippen LogP contribution in [0.15, 0.2) is 53.6 Å². The van der Waals surface area contributed by atoms with Crippen LogP contribution in [0.5, 0.6) is 0 Å². The largest absolute Gasteiger partial charge is 0.353 e. The number of aryl methyl sites for hydroxylation is 1. The lowest BCUT2D eigenvalue weighted by atomic mass is 10.1. The first-order valence-corrected chi connectivity index (χ1v) is 9.43. The molecule has 0 saturated heterocycles. The molecule has 0 atom stereocenters. The van der Waals surface area contributed by atoms with Crippen molar-refractivity contribution in [2.75, 3.05) is 5.75 Å². The van der Waals surface area contributed by atoms with Gasteiger partial charge in [0.15, 0.2) is 5.82 Å². The molecule has 0 bridgehead atoms. The van der Waals surface area contributed by atoms with Crippen molar-refractivity contribution in [3.63, 3.8) is 0 Å². The fraction of sp³-hybridized carbons (Fsp3) is 0.250. The lowest BCUT2D eigenvalue weighted by Crippen LogP contribution is -2.27. The maximum Gasteiger partial charge on any atom is 0.230 e. The monoisotopic (exact) mass is 349 g/mol. The molecule has 1 saturated carbocycles. The van der Waals surface area contributed by atoms with Crippen molar-refractivity contribution in [3.05, 3.63) is 54.1 Å². The minimum absolute atomic E-state index is 0.0760. The van der Waals surface area contributed by atoms with E-state index in [-0.39, 0.29) is 5.91 Å². The molecule has 4 rings (SSSR count). The molecule has 0 aliphatic heterocycles. The van der Waals surface area contributed by atoms with Gasteiger partial charge in [-0.1, -0.05) is 59.8 Å². The fourth-order valence-corrected chi connectivity index (χ4v) is 3.45. The van der Waals surface area contributed by atoms with Crippen LogP contribution in [0.2, 0.25) is 0 Å². The smallest absolute Gasteiger partial charge is 0.230 e. The van der Waals surface area contributed by atoms with Crippen LogP contribution in [0.4, 0.5) is 0 Å². The van der Waals surface area contributed by atoms with Crippen molar-refractivity contribution < 1.29 is 4.79 Å². The van der Waals surface area contributed by atoms with E-state index in [1.807, 2.05) is 36.4 Å². The molecule has 1 heterocycles. The number of aromatic nitrogens is 2. The van der Waals surface area contributed by atoms with Crippen LogP contribution in [0, 0.1) is 6.92 Å². The van der Waals surface area contributed by atoms with Gasteiger partial charge in [0.05, 0.1) is 11.3 Å². The lowest BCUT2D eigenvalue weighted by molar-refractivity contribution is -0.118. The molecule has 5 heteroatoms. The number of carbonyl (C=O) groups excluding carboxylic acids is 1. The van der Waals surface area contributed by atoms with Gasteiger partial charge in [0, 0.05) is 17.0 Å². The van der Waals surface area contributed by atoms with Gasteiger partial charge in [0.2, 0.25) is 5.91 Å². The molecule has 0 radical (unpaired) electrons. The molecule has 1 aliphatic carbocycles. The van der Waals surface area contributed by atoms with Gasteiger partial charge >= 0.3 is 0 Å². The summed E-state index contributed by atoms with van der Waals surface area (Å²) in [6.45, 7) is 2.06. The predicted octanol–water partition coefficient (Wildman–Crippen LogP) is 3.98. The SMILES string of the molecule is Cc1ccc(-c2nc(SCC(=O)NC3CC3)c3ccccc3n2)cc1. The zero-order valence-electron chi connectivity index (χ0n) is 14.0. The molecular formula is C20H19N3OS. The second-order valence-electron chi connectivity index (χ2n) is 6.37. The molecule has 1 N–H and O–H groups in total. The number of hydrogen-bond acceptors (Lipinski definition) is 4. The number of fused-ring (bicyclic) bond motifs is 1. The van der Waals surface area contributed by atoms with Crippen LogP contribution in [0.1, 0.15) is 18.4 Å². The Hall–Kier alpha value is -2.40. The summed E-state index contributed by atoms with van der Waals surface area (Å²) in [5.41, 5.74) is 3.09. The summed E-state index contributed by atoms with van der Waals surface area (Å²) >= 11 is 1.48. The van der Waals surface area contributed by atoms with E-state index in [9.17, 15) is 4.79 Å². The van der Waals surface area contributed by atoms with Gasteiger partial charge < -0.3 is 5.32 Å². The minimum Gasteiger partial charge on any atom is -0.353 e. The molecule has 1 aromatic heterocycles. The minimum atomic E-state index is 0.0760. The van der Waals surface area contributed by atoms with Crippen LogP contribution in [-0.2, 0) is 4.79 Å². The molecule has 1 amide bonds. The fourth-order valence-electron chi connectivity index (χ4n) is 2.62. The lowest BCUT2D eigenvalue weighted by Gasteiger charge is -2.09. The zero-order chi connectivity index (χ0) is 17.2. The highest BCUT2D eigenvalue weighted by molar-refractivity contribution is 8.00. The Morgan fingerprint density at radius 1 is 1.12 bits per heavy atom. The van der Waals surface area contributed by atoms with Crippen molar-refractivity contribution in [1.82, 2.24) is 15.3 Å². The number of benzene rings is 2. The average Bonchev–Trinajstić information content (AvgIpc) is 3.44. The second-order valence-corrected chi connectivity index (χ2v) is 7.33. The topological polar surface area (TPSA) is 54.9 Å². The van der Waals surface area contributed by atoms with Crippen LogP contribution < -0.4 is 5.32 Å². The van der Waals surface area contributed by atoms with E-state index in [0.717, 1.165) is 34.3 Å². The Morgan fingerprint density at radius 3 is 2.64 bits per heavy atom. The van der Waals surface area contributed by atoms with Gasteiger partial charge in [-0.05, 0) is 25.8 Å². The Bertz CT molecular complexity index is 920. The Balaban J connectivity index is 1.65. The number of thioether (sulfide) groups is 1. The molecule has 4 nitrogen and oxygen atoms in total. The van der Waals surface area contributed by atoms with E-state index in [1.165, 1.54) is 17.3 Å². The van der Waals surface area contributed by atoms with Gasteiger partial charge in [-0.2, -0.15) is 0 Å². The third-order valence-electron chi connectivity index (χ3n) is 4.16. The first-order chi connectivity index (χ1) is 12.2. The first-order valence-electron chi connectivity index (χ1n) is 8.45. The van der Waals surface area contributed by atoms with E-state index in [2.05, 4.69) is 24.4 Å². The number of nitrogens with zero attached hydrogens (tertiary/aromatic N) is 2. The highest BCUT2D eigenvalue weighted by atomic mass is 32.2. The Morgan fingerprint density at radius 2 is 1.88 bits per heavy atom. The Kier molecular flexibility index (Phi) is 4.40. The van der Waals surface area contributed by atoms with Crippen molar-refractivity contribution >= 4 is 28.6 Å². The van der Waals surface area contributed by atoms with Crippen molar-refractivity contribution in [1.29, 1.82) is 0 Å². The maximum absolute atomic E-state index is 12.0. The molecule has 0 spiro atoms. The van der Waals surface area contributed by atoms with Gasteiger partial charge in [0.25, 0.3) is 0 Å². The van der Waals surface area contributed by atoms with E-state index in [1.54, 1.807) is 0 Å². The van der Waals surface area contributed by atoms with Gasteiger partial charge in [0.1, 0.15) is 5.03 Å².